The van der Waals surface area contributed by atoms with Crippen LogP contribution in [-0.4, -0.2) is 34.4 Å². The molecule has 5 nitrogen and oxygen atoms in total. The molecule has 190 valence electrons. The molecule has 2 heterocycles. The lowest BCUT2D eigenvalue weighted by atomic mass is 9.52. The number of carbonyl (C=O) groups excluding carboxylic acids is 2. The molecule has 1 saturated carbocycles. The second kappa shape index (κ2) is 7.93. The molecular formula is C30H40O5. The molecule has 0 radical (unpaired) electrons. The predicted octanol–water partition coefficient (Wildman–Crippen LogP) is 5.74. The first kappa shape index (κ1) is 24.5. The van der Waals surface area contributed by atoms with Gasteiger partial charge in [-0.2, -0.15) is 0 Å². The van der Waals surface area contributed by atoms with Gasteiger partial charge in [0.2, 0.25) is 0 Å². The van der Waals surface area contributed by atoms with Crippen LogP contribution in [0.1, 0.15) is 86.5 Å². The maximum absolute atomic E-state index is 12.3. The molecule has 0 amide bonds. The summed E-state index contributed by atoms with van der Waals surface area (Å²) in [6, 6.07) is 0. The maximum Gasteiger partial charge on any atom is 0.333 e. The van der Waals surface area contributed by atoms with Gasteiger partial charge in [-0.3, -0.25) is 0 Å². The average Bonchev–Trinajstić information content (AvgIpc) is 2.88. The van der Waals surface area contributed by atoms with Crippen LogP contribution in [0.25, 0.3) is 0 Å². The van der Waals surface area contributed by atoms with Crippen LogP contribution in [0.5, 0.6) is 0 Å². The zero-order chi connectivity index (χ0) is 25.4. The number of carbonyl (C=O) groups is 2. The zero-order valence-corrected chi connectivity index (χ0v) is 22.1. The van der Waals surface area contributed by atoms with Crippen molar-refractivity contribution in [2.24, 2.45) is 22.7 Å². The van der Waals surface area contributed by atoms with E-state index in [4.69, 9.17) is 9.47 Å². The van der Waals surface area contributed by atoms with E-state index in [1.807, 2.05) is 32.9 Å². The molecule has 1 N–H and O–H groups in total. The van der Waals surface area contributed by atoms with Crippen molar-refractivity contribution in [3.8, 4) is 0 Å². The van der Waals surface area contributed by atoms with Crippen molar-refractivity contribution < 1.29 is 24.2 Å². The van der Waals surface area contributed by atoms with Crippen LogP contribution < -0.4 is 0 Å². The van der Waals surface area contributed by atoms with Crippen LogP contribution in [-0.2, 0) is 19.1 Å². The largest absolute Gasteiger partial charge is 0.456 e. The number of hydrogen-bond acceptors (Lipinski definition) is 5. The highest BCUT2D eigenvalue weighted by Gasteiger charge is 2.63. The molecule has 0 saturated heterocycles. The maximum atomic E-state index is 12.3. The molecule has 5 rings (SSSR count). The van der Waals surface area contributed by atoms with Gasteiger partial charge < -0.3 is 14.6 Å². The highest BCUT2D eigenvalue weighted by Crippen LogP contribution is 2.69. The highest BCUT2D eigenvalue weighted by molar-refractivity contribution is 5.88. The van der Waals surface area contributed by atoms with Gasteiger partial charge in [0, 0.05) is 24.0 Å². The summed E-state index contributed by atoms with van der Waals surface area (Å²) in [5.41, 5.74) is 2.95. The van der Waals surface area contributed by atoms with Crippen molar-refractivity contribution in [2.45, 2.75) is 104 Å². The van der Waals surface area contributed by atoms with Gasteiger partial charge in [-0.15, -0.1) is 0 Å². The molecule has 0 aromatic carbocycles. The van der Waals surface area contributed by atoms with Crippen LogP contribution in [0.4, 0.5) is 0 Å². The van der Waals surface area contributed by atoms with E-state index >= 15 is 0 Å². The van der Waals surface area contributed by atoms with E-state index in [1.165, 1.54) is 16.7 Å². The normalized spacial score (nSPS) is 40.1. The monoisotopic (exact) mass is 480 g/mol. The Balaban J connectivity index is 1.50. The molecule has 2 aliphatic heterocycles. The van der Waals surface area contributed by atoms with E-state index < -0.39 is 17.3 Å². The molecule has 0 aromatic heterocycles. The fraction of sp³-hybridized carbons (Fsp3) is 0.667. The predicted molar refractivity (Wildman–Crippen MR) is 134 cm³/mol. The Bertz CT molecular complexity index is 1090. The molecule has 3 aliphatic carbocycles. The highest BCUT2D eigenvalue weighted by atomic mass is 16.6. The first-order valence-electron chi connectivity index (χ1n) is 13.2. The summed E-state index contributed by atoms with van der Waals surface area (Å²) in [7, 11) is 0. The van der Waals surface area contributed by atoms with E-state index in [-0.39, 0.29) is 34.6 Å². The number of fused-ring (bicyclic) bond motifs is 3. The third-order valence-electron chi connectivity index (χ3n) is 10.5. The Hall–Kier alpha value is -2.14. The summed E-state index contributed by atoms with van der Waals surface area (Å²) < 4.78 is 11.5. The summed E-state index contributed by atoms with van der Waals surface area (Å²) >= 11 is 0. The number of allylic oxidation sites excluding steroid dienone is 4. The van der Waals surface area contributed by atoms with Crippen molar-refractivity contribution in [2.75, 3.05) is 0 Å². The van der Waals surface area contributed by atoms with Gasteiger partial charge in [0.1, 0.15) is 17.3 Å². The van der Waals surface area contributed by atoms with Crippen LogP contribution in [0, 0.1) is 22.7 Å². The summed E-state index contributed by atoms with van der Waals surface area (Å²) in [4.78, 5) is 24.4. The number of cyclic esters (lactones) is 2. The van der Waals surface area contributed by atoms with E-state index in [0.29, 0.717) is 12.0 Å². The standard InChI is InChI=1S/C30H40O5/c1-18-7-11-24(34-26(18)32)30(6,33)23-14-16-28(4)22-10-9-21-19(8-12-25(31)35-27(21,2)3)17-20(22)13-15-29(23,28)5/h7-8,12,17,21,23-24,33H,9-11,13-16H2,1-6H3/t21?,23-,24+,28-,29+,30+/m0/s1. The fourth-order valence-corrected chi connectivity index (χ4v) is 8.22. The smallest absolute Gasteiger partial charge is 0.333 e. The molecule has 0 bridgehead atoms. The number of hydrogen-bond donors (Lipinski definition) is 1. The number of esters is 2. The molecular weight excluding hydrogens is 440 g/mol. The van der Waals surface area contributed by atoms with E-state index in [1.54, 1.807) is 13.0 Å². The Labute approximate surface area is 209 Å². The lowest BCUT2D eigenvalue weighted by molar-refractivity contribution is -0.178. The third kappa shape index (κ3) is 3.60. The van der Waals surface area contributed by atoms with Gasteiger partial charge >= 0.3 is 11.9 Å². The minimum Gasteiger partial charge on any atom is -0.456 e. The van der Waals surface area contributed by atoms with Gasteiger partial charge in [-0.25, -0.2) is 9.59 Å². The molecule has 5 heteroatoms. The van der Waals surface area contributed by atoms with Crippen molar-refractivity contribution >= 4 is 11.9 Å². The van der Waals surface area contributed by atoms with Crippen molar-refractivity contribution in [3.05, 3.63) is 46.6 Å². The average molecular weight is 481 g/mol. The molecule has 5 aliphatic rings. The van der Waals surface area contributed by atoms with Crippen LogP contribution in [0.2, 0.25) is 0 Å². The quantitative estimate of drug-likeness (QED) is 0.510. The minimum absolute atomic E-state index is 0.0369. The fourth-order valence-electron chi connectivity index (χ4n) is 8.22. The van der Waals surface area contributed by atoms with Crippen molar-refractivity contribution in [1.82, 2.24) is 0 Å². The van der Waals surface area contributed by atoms with Crippen molar-refractivity contribution in [3.63, 3.8) is 0 Å². The summed E-state index contributed by atoms with van der Waals surface area (Å²) in [5.74, 6) is -0.387. The molecule has 1 unspecified atom stereocenters. The molecule has 0 spiro atoms. The van der Waals surface area contributed by atoms with Crippen LogP contribution in [0.15, 0.2) is 46.6 Å². The SMILES string of the molecule is CC1=CC[C@H]([C@](C)(O)[C@H]2CC[C@@]3(C)C4=C(C=C5C=CC(=O)OC(C)(C)C5CC4)CC[C@]23C)OC1=O. The summed E-state index contributed by atoms with van der Waals surface area (Å²) in [5, 5.41) is 11.9. The van der Waals surface area contributed by atoms with Gasteiger partial charge in [0.25, 0.3) is 0 Å². The van der Waals surface area contributed by atoms with Crippen LogP contribution >= 0.6 is 0 Å². The van der Waals surface area contributed by atoms with Crippen LogP contribution in [0.3, 0.4) is 0 Å². The van der Waals surface area contributed by atoms with Gasteiger partial charge in [-0.05, 0) is 94.1 Å². The topological polar surface area (TPSA) is 72.8 Å². The van der Waals surface area contributed by atoms with E-state index in [9.17, 15) is 14.7 Å². The van der Waals surface area contributed by atoms with Gasteiger partial charge in [0.15, 0.2) is 0 Å². The minimum atomic E-state index is -1.09. The third-order valence-corrected chi connectivity index (χ3v) is 10.5. The molecule has 6 atom stereocenters. The van der Waals surface area contributed by atoms with E-state index in [0.717, 1.165) is 38.5 Å². The molecule has 1 fully saturated rings. The zero-order valence-electron chi connectivity index (χ0n) is 22.1. The Morgan fingerprint density at radius 2 is 1.80 bits per heavy atom. The van der Waals surface area contributed by atoms with Gasteiger partial charge in [0.05, 0.1) is 0 Å². The first-order chi connectivity index (χ1) is 16.3. The summed E-state index contributed by atoms with van der Waals surface area (Å²) in [6.45, 7) is 12.5. The molecule has 0 aromatic rings. The first-order valence-corrected chi connectivity index (χ1v) is 13.2. The second-order valence-electron chi connectivity index (χ2n) is 12.7. The Kier molecular flexibility index (Phi) is 5.56. The Morgan fingerprint density at radius 1 is 1.06 bits per heavy atom. The van der Waals surface area contributed by atoms with Gasteiger partial charge in [-0.1, -0.05) is 37.6 Å². The van der Waals surface area contributed by atoms with E-state index in [2.05, 4.69) is 19.9 Å². The second-order valence-corrected chi connectivity index (χ2v) is 12.7. The number of aliphatic hydroxyl groups is 1. The summed E-state index contributed by atoms with van der Waals surface area (Å²) in [6.07, 6.45) is 13.6. The lowest BCUT2D eigenvalue weighted by Crippen LogP contribution is -2.55. The van der Waals surface area contributed by atoms with Crippen molar-refractivity contribution in [1.29, 1.82) is 0 Å². The number of ether oxygens (including phenoxy) is 2. The lowest BCUT2D eigenvalue weighted by Gasteiger charge is -2.54. The number of rotatable bonds is 2. The Morgan fingerprint density at radius 3 is 2.51 bits per heavy atom. The molecule has 35 heavy (non-hydrogen) atoms.